The molecule has 0 aliphatic carbocycles. The number of anilines is 2. The average molecular weight is 396 g/mol. The van der Waals surface area contributed by atoms with Gasteiger partial charge >= 0.3 is 6.41 Å². The summed E-state index contributed by atoms with van der Waals surface area (Å²) in [6, 6.07) is 37.4. The normalized spacial score (nSPS) is 11.4. The zero-order valence-corrected chi connectivity index (χ0v) is 16.7. The molecular formula is C29H18NO. The third-order valence-electron chi connectivity index (χ3n) is 6.02. The molecule has 2 heteroatoms. The molecule has 0 saturated heterocycles. The summed E-state index contributed by atoms with van der Waals surface area (Å²) in [5.74, 6) is 0. The Morgan fingerprint density at radius 1 is 0.452 bits per heavy atom. The van der Waals surface area contributed by atoms with E-state index in [1.54, 1.807) is 4.90 Å². The molecule has 0 atom stereocenters. The van der Waals surface area contributed by atoms with Crippen LogP contribution < -0.4 is 4.90 Å². The molecule has 0 spiro atoms. The molecule has 0 aliphatic heterocycles. The lowest BCUT2D eigenvalue weighted by Gasteiger charge is -2.21. The van der Waals surface area contributed by atoms with Gasteiger partial charge in [0.15, 0.2) is 0 Å². The van der Waals surface area contributed by atoms with E-state index in [2.05, 4.69) is 67.1 Å². The van der Waals surface area contributed by atoms with Gasteiger partial charge in [-0.25, -0.2) is 0 Å². The molecule has 0 aliphatic rings. The Morgan fingerprint density at radius 2 is 0.839 bits per heavy atom. The van der Waals surface area contributed by atoms with E-state index in [-0.39, 0.29) is 0 Å². The minimum absolute atomic E-state index is 0.832. The van der Waals surface area contributed by atoms with E-state index in [0.717, 1.165) is 43.7 Å². The van der Waals surface area contributed by atoms with Gasteiger partial charge < -0.3 is 0 Å². The summed E-state index contributed by atoms with van der Waals surface area (Å²) in [5.41, 5.74) is 1.66. The monoisotopic (exact) mass is 396 g/mol. The van der Waals surface area contributed by atoms with Gasteiger partial charge in [0.1, 0.15) is 0 Å². The van der Waals surface area contributed by atoms with Crippen LogP contribution in [0.4, 0.5) is 11.4 Å². The highest BCUT2D eigenvalue weighted by atomic mass is 16.1. The predicted octanol–water partition coefficient (Wildman–Crippen LogP) is 7.50. The molecule has 0 unspecified atom stereocenters. The van der Waals surface area contributed by atoms with Crippen molar-refractivity contribution in [1.82, 2.24) is 0 Å². The number of hydrogen-bond donors (Lipinski definition) is 0. The van der Waals surface area contributed by atoms with Crippen LogP contribution in [0.25, 0.3) is 43.1 Å². The first-order valence-corrected chi connectivity index (χ1v) is 10.3. The SMILES string of the molecule is O=[C]N(c1cccc2cc3ccccc3cc12)c1cccc2cc3ccccc3cc12. The van der Waals surface area contributed by atoms with Gasteiger partial charge in [0, 0.05) is 10.8 Å². The second kappa shape index (κ2) is 6.96. The van der Waals surface area contributed by atoms with Crippen LogP contribution in [-0.2, 0) is 4.79 Å². The van der Waals surface area contributed by atoms with Crippen molar-refractivity contribution in [3.05, 3.63) is 109 Å². The molecule has 0 aromatic heterocycles. The molecular weight excluding hydrogens is 378 g/mol. The third-order valence-corrected chi connectivity index (χ3v) is 6.02. The van der Waals surface area contributed by atoms with Crippen molar-refractivity contribution in [1.29, 1.82) is 0 Å². The molecule has 2 nitrogen and oxygen atoms in total. The Bertz CT molecular complexity index is 1500. The molecule has 1 amide bonds. The van der Waals surface area contributed by atoms with Gasteiger partial charge in [-0.05, 0) is 68.7 Å². The third kappa shape index (κ3) is 2.84. The summed E-state index contributed by atoms with van der Waals surface area (Å²) in [4.78, 5) is 14.0. The molecule has 145 valence electrons. The zero-order chi connectivity index (χ0) is 20.8. The van der Waals surface area contributed by atoms with E-state index >= 15 is 0 Å². The number of benzene rings is 6. The second-order valence-corrected chi connectivity index (χ2v) is 7.82. The molecule has 0 fully saturated rings. The molecule has 6 aromatic rings. The van der Waals surface area contributed by atoms with Crippen LogP contribution in [0.1, 0.15) is 0 Å². The van der Waals surface area contributed by atoms with E-state index in [1.165, 1.54) is 10.8 Å². The van der Waals surface area contributed by atoms with E-state index in [1.807, 2.05) is 48.5 Å². The Kier molecular flexibility index (Phi) is 3.97. The molecule has 0 N–H and O–H groups in total. The molecule has 0 heterocycles. The molecule has 6 rings (SSSR count). The van der Waals surface area contributed by atoms with Crippen molar-refractivity contribution in [2.24, 2.45) is 0 Å². The summed E-state index contributed by atoms with van der Waals surface area (Å²) in [5, 5.41) is 8.93. The standard InChI is InChI=1S/C29H18NO/c31-19-30(28-13-5-11-24-15-20-7-1-3-9-22(20)17-26(24)28)29-14-6-12-25-16-21-8-2-4-10-23(21)18-27(25)29/h1-18H. The van der Waals surface area contributed by atoms with Crippen LogP contribution in [0.3, 0.4) is 0 Å². The molecule has 0 bridgehead atoms. The Labute approximate surface area is 180 Å². The summed E-state index contributed by atoms with van der Waals surface area (Å²) >= 11 is 0. The lowest BCUT2D eigenvalue weighted by Crippen LogP contribution is -2.14. The predicted molar refractivity (Wildman–Crippen MR) is 131 cm³/mol. The number of fused-ring (bicyclic) bond motifs is 4. The number of hydrogen-bond acceptors (Lipinski definition) is 1. The van der Waals surface area contributed by atoms with E-state index in [4.69, 9.17) is 0 Å². The number of carbonyl (C=O) groups excluding carboxylic acids is 1. The van der Waals surface area contributed by atoms with E-state index in [9.17, 15) is 4.79 Å². The molecule has 0 saturated carbocycles. The summed E-state index contributed by atoms with van der Waals surface area (Å²) < 4.78 is 0. The minimum atomic E-state index is 0.832. The van der Waals surface area contributed by atoms with Gasteiger partial charge in [0.2, 0.25) is 0 Å². The van der Waals surface area contributed by atoms with Crippen LogP contribution in [0.2, 0.25) is 0 Å². The quantitative estimate of drug-likeness (QED) is 0.224. The van der Waals surface area contributed by atoms with Crippen LogP contribution >= 0.6 is 0 Å². The maximum atomic E-state index is 12.3. The van der Waals surface area contributed by atoms with Crippen LogP contribution in [0.5, 0.6) is 0 Å². The fourth-order valence-electron chi connectivity index (χ4n) is 4.52. The topological polar surface area (TPSA) is 20.3 Å². The van der Waals surface area contributed by atoms with E-state index < -0.39 is 0 Å². The maximum absolute atomic E-state index is 12.3. The average Bonchev–Trinajstić information content (AvgIpc) is 2.82. The zero-order valence-electron chi connectivity index (χ0n) is 16.7. The van der Waals surface area contributed by atoms with Crippen molar-refractivity contribution in [2.45, 2.75) is 0 Å². The Balaban J connectivity index is 1.63. The number of rotatable bonds is 3. The van der Waals surface area contributed by atoms with Gasteiger partial charge in [-0.1, -0.05) is 72.8 Å². The van der Waals surface area contributed by atoms with Crippen LogP contribution in [0.15, 0.2) is 109 Å². The largest absolute Gasteiger partial charge is 0.321 e. The summed E-state index contributed by atoms with van der Waals surface area (Å²) in [6.45, 7) is 0. The summed E-state index contributed by atoms with van der Waals surface area (Å²) in [7, 11) is 0. The lowest BCUT2D eigenvalue weighted by atomic mass is 10.00. The van der Waals surface area contributed by atoms with Crippen LogP contribution in [0, 0.1) is 0 Å². The highest BCUT2D eigenvalue weighted by Gasteiger charge is 2.16. The maximum Gasteiger partial charge on any atom is 0.321 e. The first kappa shape index (κ1) is 17.7. The van der Waals surface area contributed by atoms with Gasteiger partial charge in [-0.3, -0.25) is 9.69 Å². The summed E-state index contributed by atoms with van der Waals surface area (Å²) in [6.07, 6.45) is 2.20. The van der Waals surface area contributed by atoms with Gasteiger partial charge in [-0.15, -0.1) is 0 Å². The van der Waals surface area contributed by atoms with Crippen molar-refractivity contribution < 1.29 is 4.79 Å². The van der Waals surface area contributed by atoms with Crippen LogP contribution in [-0.4, -0.2) is 6.41 Å². The lowest BCUT2D eigenvalue weighted by molar-refractivity contribution is 0.556. The fraction of sp³-hybridized carbons (Fsp3) is 0. The van der Waals surface area contributed by atoms with Gasteiger partial charge in [0.25, 0.3) is 0 Å². The van der Waals surface area contributed by atoms with Crippen molar-refractivity contribution in [2.75, 3.05) is 4.90 Å². The minimum Gasteiger partial charge on any atom is -0.272 e. The van der Waals surface area contributed by atoms with Crippen molar-refractivity contribution in [3.8, 4) is 0 Å². The first-order chi connectivity index (χ1) is 15.3. The smallest absolute Gasteiger partial charge is 0.272 e. The van der Waals surface area contributed by atoms with Gasteiger partial charge in [-0.2, -0.15) is 0 Å². The van der Waals surface area contributed by atoms with Gasteiger partial charge in [0.05, 0.1) is 11.4 Å². The molecule has 31 heavy (non-hydrogen) atoms. The first-order valence-electron chi connectivity index (χ1n) is 10.3. The van der Waals surface area contributed by atoms with Crippen molar-refractivity contribution in [3.63, 3.8) is 0 Å². The molecule has 6 aromatic carbocycles. The number of nitrogens with zero attached hydrogens (tertiary/aromatic N) is 1. The van der Waals surface area contributed by atoms with Crippen molar-refractivity contribution >= 4 is 60.9 Å². The molecule has 1 radical (unpaired) electrons. The second-order valence-electron chi connectivity index (χ2n) is 7.82. The highest BCUT2D eigenvalue weighted by molar-refractivity contribution is 6.12. The Hall–Kier alpha value is -4.17. The van der Waals surface area contributed by atoms with E-state index in [0.29, 0.717) is 0 Å². The number of amides is 1. The highest BCUT2D eigenvalue weighted by Crippen LogP contribution is 2.38. The Morgan fingerprint density at radius 3 is 1.26 bits per heavy atom. The fourth-order valence-corrected chi connectivity index (χ4v) is 4.52.